The van der Waals surface area contributed by atoms with Crippen LogP contribution in [0.25, 0.3) is 0 Å². The molecule has 0 spiro atoms. The highest BCUT2D eigenvalue weighted by Crippen LogP contribution is 2.07. The largest absolute Gasteiger partial charge is 0.366 e. The van der Waals surface area contributed by atoms with Crippen LogP contribution in [0.3, 0.4) is 0 Å². The number of hydrogen-bond acceptors (Lipinski definition) is 4. The Morgan fingerprint density at radius 3 is 3.00 bits per heavy atom. The third-order valence-electron chi connectivity index (χ3n) is 2.42. The minimum atomic E-state index is -0.527. The van der Waals surface area contributed by atoms with Gasteiger partial charge < -0.3 is 5.32 Å². The van der Waals surface area contributed by atoms with Crippen LogP contribution in [0.15, 0.2) is 35.1 Å². The van der Waals surface area contributed by atoms with E-state index >= 15 is 0 Å². The van der Waals surface area contributed by atoms with Crippen molar-refractivity contribution in [2.45, 2.75) is 13.5 Å². The SMILES string of the molecule is Cc1cccc(CNc2cc(C#N)[nH]c(=O)n2)c1. The summed E-state index contributed by atoms with van der Waals surface area (Å²) in [6.45, 7) is 2.58. The molecule has 0 fully saturated rings. The molecule has 5 heteroatoms. The van der Waals surface area contributed by atoms with Crippen LogP contribution in [-0.2, 0) is 6.54 Å². The second-order valence-corrected chi connectivity index (χ2v) is 3.94. The highest BCUT2D eigenvalue weighted by Gasteiger charge is 2.00. The molecule has 2 rings (SSSR count). The van der Waals surface area contributed by atoms with Crippen LogP contribution in [0.1, 0.15) is 16.8 Å². The number of hydrogen-bond donors (Lipinski definition) is 2. The fraction of sp³-hybridized carbons (Fsp3) is 0.154. The molecule has 1 heterocycles. The second kappa shape index (κ2) is 5.15. The zero-order valence-electron chi connectivity index (χ0n) is 9.90. The molecule has 0 aliphatic heterocycles. The standard InChI is InChI=1S/C13H12N4O/c1-9-3-2-4-10(5-9)8-15-12-6-11(7-14)16-13(18)17-12/h2-6H,8H2,1H3,(H2,15,16,17,18). The van der Waals surface area contributed by atoms with Gasteiger partial charge in [-0.3, -0.25) is 4.98 Å². The lowest BCUT2D eigenvalue weighted by Gasteiger charge is -2.06. The molecule has 0 bridgehead atoms. The molecule has 2 aromatic rings. The molecule has 1 aromatic heterocycles. The van der Waals surface area contributed by atoms with Gasteiger partial charge in [-0.15, -0.1) is 0 Å². The van der Waals surface area contributed by atoms with Crippen LogP contribution in [-0.4, -0.2) is 9.97 Å². The number of rotatable bonds is 3. The lowest BCUT2D eigenvalue weighted by Crippen LogP contribution is -2.14. The molecular weight excluding hydrogens is 228 g/mol. The molecule has 0 aliphatic carbocycles. The zero-order valence-corrected chi connectivity index (χ0v) is 9.90. The quantitative estimate of drug-likeness (QED) is 0.853. The molecule has 0 atom stereocenters. The molecule has 18 heavy (non-hydrogen) atoms. The monoisotopic (exact) mass is 240 g/mol. The van der Waals surface area contributed by atoms with Crippen LogP contribution in [0.4, 0.5) is 5.82 Å². The van der Waals surface area contributed by atoms with Crippen LogP contribution < -0.4 is 11.0 Å². The Balaban J connectivity index is 2.13. The van der Waals surface area contributed by atoms with Gasteiger partial charge in [-0.25, -0.2) is 4.79 Å². The average molecular weight is 240 g/mol. The summed E-state index contributed by atoms with van der Waals surface area (Å²) in [6, 6.07) is 11.4. The first-order chi connectivity index (χ1) is 8.67. The molecular formula is C13H12N4O. The summed E-state index contributed by atoms with van der Waals surface area (Å²) >= 11 is 0. The predicted molar refractivity (Wildman–Crippen MR) is 68.1 cm³/mol. The highest BCUT2D eigenvalue weighted by molar-refractivity contribution is 5.39. The van der Waals surface area contributed by atoms with E-state index in [9.17, 15) is 4.79 Å². The van der Waals surface area contributed by atoms with Crippen LogP contribution in [0.5, 0.6) is 0 Å². The van der Waals surface area contributed by atoms with Gasteiger partial charge in [0.25, 0.3) is 0 Å². The molecule has 0 aliphatic rings. The fourth-order valence-corrected chi connectivity index (χ4v) is 1.62. The highest BCUT2D eigenvalue weighted by atomic mass is 16.1. The van der Waals surface area contributed by atoms with Crippen molar-refractivity contribution in [1.82, 2.24) is 9.97 Å². The molecule has 0 saturated carbocycles. The first-order valence-electron chi connectivity index (χ1n) is 5.48. The topological polar surface area (TPSA) is 81.6 Å². The summed E-state index contributed by atoms with van der Waals surface area (Å²) in [7, 11) is 0. The van der Waals surface area contributed by atoms with Gasteiger partial charge in [0.1, 0.15) is 17.6 Å². The van der Waals surface area contributed by atoms with Crippen LogP contribution in [0, 0.1) is 18.3 Å². The Kier molecular flexibility index (Phi) is 3.39. The number of nitriles is 1. The van der Waals surface area contributed by atoms with Gasteiger partial charge in [0, 0.05) is 12.6 Å². The third-order valence-corrected chi connectivity index (χ3v) is 2.42. The number of anilines is 1. The Morgan fingerprint density at radius 1 is 1.44 bits per heavy atom. The number of benzene rings is 1. The summed E-state index contributed by atoms with van der Waals surface area (Å²) in [5.74, 6) is 0.400. The first kappa shape index (κ1) is 11.9. The molecule has 2 N–H and O–H groups in total. The number of aromatic amines is 1. The number of nitrogens with zero attached hydrogens (tertiary/aromatic N) is 2. The van der Waals surface area contributed by atoms with E-state index in [0.717, 1.165) is 5.56 Å². The predicted octanol–water partition coefficient (Wildman–Crippen LogP) is 1.56. The Hall–Kier alpha value is -2.61. The van der Waals surface area contributed by atoms with Crippen molar-refractivity contribution in [3.8, 4) is 6.07 Å². The van der Waals surface area contributed by atoms with E-state index in [-0.39, 0.29) is 5.69 Å². The summed E-state index contributed by atoms with van der Waals surface area (Å²) in [4.78, 5) is 17.3. The van der Waals surface area contributed by atoms with E-state index in [1.807, 2.05) is 37.3 Å². The number of aromatic nitrogens is 2. The Morgan fingerprint density at radius 2 is 2.28 bits per heavy atom. The van der Waals surface area contributed by atoms with Gasteiger partial charge in [-0.2, -0.15) is 10.2 Å². The van der Waals surface area contributed by atoms with Crippen molar-refractivity contribution in [2.24, 2.45) is 0 Å². The first-order valence-corrected chi connectivity index (χ1v) is 5.48. The van der Waals surface area contributed by atoms with E-state index in [4.69, 9.17) is 5.26 Å². The van der Waals surface area contributed by atoms with Gasteiger partial charge in [-0.1, -0.05) is 29.8 Å². The molecule has 90 valence electrons. The van der Waals surface area contributed by atoms with E-state index in [0.29, 0.717) is 12.4 Å². The normalized spacial score (nSPS) is 9.78. The van der Waals surface area contributed by atoms with Crippen LogP contribution >= 0.6 is 0 Å². The maximum absolute atomic E-state index is 11.2. The van der Waals surface area contributed by atoms with Crippen molar-refractivity contribution in [3.05, 3.63) is 57.6 Å². The summed E-state index contributed by atoms with van der Waals surface area (Å²) in [6.07, 6.45) is 0. The van der Waals surface area contributed by atoms with Crippen molar-refractivity contribution in [3.63, 3.8) is 0 Å². The molecule has 0 saturated heterocycles. The van der Waals surface area contributed by atoms with Gasteiger partial charge in [-0.05, 0) is 12.5 Å². The molecule has 1 aromatic carbocycles. The average Bonchev–Trinajstić information content (AvgIpc) is 2.36. The smallest absolute Gasteiger partial charge is 0.347 e. The minimum absolute atomic E-state index is 0.196. The van der Waals surface area contributed by atoms with E-state index in [2.05, 4.69) is 15.3 Å². The van der Waals surface area contributed by atoms with Gasteiger partial charge in [0.15, 0.2) is 0 Å². The zero-order chi connectivity index (χ0) is 13.0. The van der Waals surface area contributed by atoms with E-state index in [1.54, 1.807) is 0 Å². The minimum Gasteiger partial charge on any atom is -0.366 e. The number of nitrogens with one attached hydrogen (secondary N) is 2. The van der Waals surface area contributed by atoms with Gasteiger partial charge >= 0.3 is 5.69 Å². The molecule has 0 radical (unpaired) electrons. The Bertz CT molecular complexity index is 655. The van der Waals surface area contributed by atoms with E-state index < -0.39 is 5.69 Å². The maximum atomic E-state index is 11.2. The molecule has 0 amide bonds. The fourth-order valence-electron chi connectivity index (χ4n) is 1.62. The van der Waals surface area contributed by atoms with Crippen LogP contribution in [0.2, 0.25) is 0 Å². The molecule has 5 nitrogen and oxygen atoms in total. The lowest BCUT2D eigenvalue weighted by atomic mass is 10.1. The van der Waals surface area contributed by atoms with Crippen molar-refractivity contribution in [1.29, 1.82) is 5.26 Å². The maximum Gasteiger partial charge on any atom is 0.347 e. The van der Waals surface area contributed by atoms with Crippen molar-refractivity contribution >= 4 is 5.82 Å². The summed E-state index contributed by atoms with van der Waals surface area (Å²) in [5.41, 5.74) is 1.93. The second-order valence-electron chi connectivity index (χ2n) is 3.94. The Labute approximate surface area is 104 Å². The van der Waals surface area contributed by atoms with Gasteiger partial charge in [0.05, 0.1) is 0 Å². The number of H-pyrrole nitrogens is 1. The third kappa shape index (κ3) is 2.95. The summed E-state index contributed by atoms with van der Waals surface area (Å²) < 4.78 is 0. The number of aryl methyl sites for hydroxylation is 1. The molecule has 0 unspecified atom stereocenters. The lowest BCUT2D eigenvalue weighted by molar-refractivity contribution is 1.02. The van der Waals surface area contributed by atoms with Crippen molar-refractivity contribution in [2.75, 3.05) is 5.32 Å². The summed E-state index contributed by atoms with van der Waals surface area (Å²) in [5, 5.41) is 11.8. The van der Waals surface area contributed by atoms with Crippen molar-refractivity contribution < 1.29 is 0 Å². The van der Waals surface area contributed by atoms with Gasteiger partial charge in [0.2, 0.25) is 0 Å². The van der Waals surface area contributed by atoms with E-state index in [1.165, 1.54) is 11.6 Å².